The van der Waals surface area contributed by atoms with Gasteiger partial charge in [-0.3, -0.25) is 9.59 Å². The molecule has 2 amide bonds. The van der Waals surface area contributed by atoms with Crippen LogP contribution in [0.15, 0.2) is 24.3 Å². The van der Waals surface area contributed by atoms with Crippen LogP contribution in [0.1, 0.15) is 57.4 Å². The highest BCUT2D eigenvalue weighted by Gasteiger charge is 2.41. The largest absolute Gasteiger partial charge is 0.359 e. The van der Waals surface area contributed by atoms with Gasteiger partial charge in [0.2, 0.25) is 11.8 Å². The molecule has 0 radical (unpaired) electrons. The van der Waals surface area contributed by atoms with Gasteiger partial charge in [-0.2, -0.15) is 0 Å². The van der Waals surface area contributed by atoms with Gasteiger partial charge in [0.05, 0.1) is 5.92 Å². The lowest BCUT2D eigenvalue weighted by Gasteiger charge is -2.37. The number of carbonyl (C=O) groups is 2. The minimum Gasteiger partial charge on any atom is -0.359 e. The van der Waals surface area contributed by atoms with Crippen molar-refractivity contribution < 1.29 is 9.59 Å². The molecule has 27 heavy (non-hydrogen) atoms. The van der Waals surface area contributed by atoms with E-state index in [0.717, 1.165) is 49.6 Å². The van der Waals surface area contributed by atoms with E-state index in [1.807, 2.05) is 29.2 Å². The van der Waals surface area contributed by atoms with Crippen molar-refractivity contribution in [2.45, 2.75) is 57.9 Å². The van der Waals surface area contributed by atoms with Crippen molar-refractivity contribution in [1.29, 1.82) is 0 Å². The molecule has 3 rings (SSSR count). The quantitative estimate of drug-likeness (QED) is 0.801. The molecule has 0 aromatic heterocycles. The van der Waals surface area contributed by atoms with Crippen LogP contribution in [0.2, 0.25) is 0 Å². The van der Waals surface area contributed by atoms with Crippen LogP contribution in [-0.2, 0) is 9.59 Å². The summed E-state index contributed by atoms with van der Waals surface area (Å²) in [5.41, 5.74) is 2.01. The fraction of sp³-hybridized carbons (Fsp3) is 0.636. The molecule has 148 valence electrons. The van der Waals surface area contributed by atoms with E-state index in [-0.39, 0.29) is 30.2 Å². The number of hydrogen-bond acceptors (Lipinski definition) is 3. The van der Waals surface area contributed by atoms with Gasteiger partial charge in [0.25, 0.3) is 0 Å². The summed E-state index contributed by atoms with van der Waals surface area (Å²) in [6.07, 6.45) is 4.78. The van der Waals surface area contributed by atoms with E-state index in [0.29, 0.717) is 0 Å². The number of rotatable bonds is 7. The lowest BCUT2D eigenvalue weighted by molar-refractivity contribution is -0.126. The van der Waals surface area contributed by atoms with E-state index >= 15 is 0 Å². The van der Waals surface area contributed by atoms with Gasteiger partial charge in [-0.25, -0.2) is 0 Å². The Morgan fingerprint density at radius 1 is 1.22 bits per heavy atom. The average Bonchev–Trinajstić information content (AvgIpc) is 2.94. The normalized spacial score (nSPS) is 21.0. The number of hydrogen-bond donors (Lipinski definition) is 1. The zero-order valence-corrected chi connectivity index (χ0v) is 16.9. The number of nitrogens with one attached hydrogen (secondary N) is 1. The smallest absolute Gasteiger partial charge is 0.235 e. The number of anilines is 1. The molecule has 1 atom stereocenters. The Morgan fingerprint density at radius 3 is 2.59 bits per heavy atom. The lowest BCUT2D eigenvalue weighted by Crippen LogP contribution is -2.47. The standard InChI is InChI=1S/C22H33N3O2/c1-16(2)7-6-12-24-13-10-17(11-14-24)25-20-9-5-4-8-18(20)19(22(25)27)15-21(26)23-3/h4-5,8-9,16-17,19H,6-7,10-15H2,1-3H3,(H,23,26). The molecule has 0 saturated carbocycles. The first kappa shape index (κ1) is 19.9. The Balaban J connectivity index is 1.65. The number of para-hydroxylation sites is 1. The molecule has 0 bridgehead atoms. The summed E-state index contributed by atoms with van der Waals surface area (Å²) in [6.45, 7) is 7.81. The average molecular weight is 372 g/mol. The first-order chi connectivity index (χ1) is 13.0. The van der Waals surface area contributed by atoms with Gasteiger partial charge >= 0.3 is 0 Å². The van der Waals surface area contributed by atoms with Crippen LogP contribution in [0.4, 0.5) is 5.69 Å². The third-order valence-electron chi connectivity index (χ3n) is 5.95. The maximum absolute atomic E-state index is 13.2. The molecule has 1 fully saturated rings. The number of piperidine rings is 1. The molecule has 5 heteroatoms. The number of amides is 2. The van der Waals surface area contributed by atoms with Gasteiger partial charge < -0.3 is 15.1 Å². The number of carbonyl (C=O) groups excluding carboxylic acids is 2. The second-order valence-electron chi connectivity index (χ2n) is 8.31. The minimum absolute atomic E-state index is 0.0787. The van der Waals surface area contributed by atoms with Crippen LogP contribution < -0.4 is 10.2 Å². The van der Waals surface area contributed by atoms with E-state index in [1.165, 1.54) is 12.8 Å². The maximum atomic E-state index is 13.2. The van der Waals surface area contributed by atoms with Crippen LogP contribution in [0.25, 0.3) is 0 Å². The molecule has 2 aliphatic rings. The summed E-state index contributed by atoms with van der Waals surface area (Å²) >= 11 is 0. The summed E-state index contributed by atoms with van der Waals surface area (Å²) in [5, 5.41) is 2.65. The van der Waals surface area contributed by atoms with Crippen LogP contribution in [0, 0.1) is 5.92 Å². The van der Waals surface area contributed by atoms with E-state index in [4.69, 9.17) is 0 Å². The molecule has 1 aromatic carbocycles. The molecular formula is C22H33N3O2. The van der Waals surface area contributed by atoms with Crippen molar-refractivity contribution in [3.63, 3.8) is 0 Å². The maximum Gasteiger partial charge on any atom is 0.235 e. The second kappa shape index (κ2) is 8.87. The summed E-state index contributed by atoms with van der Waals surface area (Å²) < 4.78 is 0. The first-order valence-corrected chi connectivity index (χ1v) is 10.4. The summed E-state index contributed by atoms with van der Waals surface area (Å²) in [6, 6.07) is 8.23. The van der Waals surface area contributed by atoms with Crippen molar-refractivity contribution in [2.24, 2.45) is 5.92 Å². The van der Waals surface area contributed by atoms with E-state index in [9.17, 15) is 9.59 Å². The molecule has 5 nitrogen and oxygen atoms in total. The van der Waals surface area contributed by atoms with Crippen LogP contribution in [0.5, 0.6) is 0 Å². The monoisotopic (exact) mass is 371 g/mol. The van der Waals surface area contributed by atoms with Crippen molar-refractivity contribution in [3.8, 4) is 0 Å². The van der Waals surface area contributed by atoms with E-state index < -0.39 is 0 Å². The molecule has 1 unspecified atom stereocenters. The van der Waals surface area contributed by atoms with Gasteiger partial charge in [0, 0.05) is 38.3 Å². The van der Waals surface area contributed by atoms with Crippen molar-refractivity contribution in [1.82, 2.24) is 10.2 Å². The fourth-order valence-electron chi connectivity index (χ4n) is 4.41. The molecule has 1 saturated heterocycles. The van der Waals surface area contributed by atoms with Gasteiger partial charge in [0.1, 0.15) is 0 Å². The van der Waals surface area contributed by atoms with E-state index in [2.05, 4.69) is 24.1 Å². The molecule has 2 aliphatic heterocycles. The molecule has 1 N–H and O–H groups in total. The van der Waals surface area contributed by atoms with Gasteiger partial charge in [-0.15, -0.1) is 0 Å². The Kier molecular flexibility index (Phi) is 6.53. The number of likely N-dealkylation sites (tertiary alicyclic amines) is 1. The molecule has 2 heterocycles. The first-order valence-electron chi connectivity index (χ1n) is 10.4. The zero-order valence-electron chi connectivity index (χ0n) is 16.9. The van der Waals surface area contributed by atoms with E-state index in [1.54, 1.807) is 7.05 Å². The molecule has 1 aromatic rings. The van der Waals surface area contributed by atoms with Crippen LogP contribution in [-0.4, -0.2) is 49.4 Å². The predicted octanol–water partition coefficient (Wildman–Crippen LogP) is 3.15. The number of fused-ring (bicyclic) bond motifs is 1. The summed E-state index contributed by atoms with van der Waals surface area (Å²) in [7, 11) is 1.63. The van der Waals surface area contributed by atoms with Crippen molar-refractivity contribution in [3.05, 3.63) is 29.8 Å². The van der Waals surface area contributed by atoms with Crippen molar-refractivity contribution in [2.75, 3.05) is 31.6 Å². The van der Waals surface area contributed by atoms with Crippen LogP contribution >= 0.6 is 0 Å². The highest BCUT2D eigenvalue weighted by Crippen LogP contribution is 2.41. The highest BCUT2D eigenvalue weighted by atomic mass is 16.2. The fourth-order valence-corrected chi connectivity index (χ4v) is 4.41. The Bertz CT molecular complexity index is 665. The zero-order chi connectivity index (χ0) is 19.4. The highest BCUT2D eigenvalue weighted by molar-refractivity contribution is 6.07. The number of nitrogens with zero attached hydrogens (tertiary/aromatic N) is 2. The van der Waals surface area contributed by atoms with Gasteiger partial charge in [0.15, 0.2) is 0 Å². The van der Waals surface area contributed by atoms with Crippen molar-refractivity contribution >= 4 is 17.5 Å². The lowest BCUT2D eigenvalue weighted by atomic mass is 9.97. The SMILES string of the molecule is CNC(=O)CC1C(=O)N(C2CCN(CCCC(C)C)CC2)c2ccccc21. The third-order valence-corrected chi connectivity index (χ3v) is 5.95. The predicted molar refractivity (Wildman–Crippen MR) is 109 cm³/mol. The third kappa shape index (κ3) is 4.52. The Hall–Kier alpha value is -1.88. The van der Waals surface area contributed by atoms with Crippen LogP contribution in [0.3, 0.4) is 0 Å². The molecule has 0 spiro atoms. The molecular weight excluding hydrogens is 338 g/mol. The minimum atomic E-state index is -0.342. The summed E-state index contributed by atoms with van der Waals surface area (Å²) in [5.74, 6) is 0.437. The Morgan fingerprint density at radius 2 is 1.93 bits per heavy atom. The molecule has 0 aliphatic carbocycles. The topological polar surface area (TPSA) is 52.7 Å². The second-order valence-corrected chi connectivity index (χ2v) is 8.31. The number of benzene rings is 1. The van der Waals surface area contributed by atoms with Gasteiger partial charge in [-0.1, -0.05) is 32.0 Å². The summed E-state index contributed by atoms with van der Waals surface area (Å²) in [4.78, 5) is 29.6. The van der Waals surface area contributed by atoms with Gasteiger partial charge in [-0.05, 0) is 49.8 Å². The Labute approximate surface area is 163 Å².